The number of benzene rings is 2. The highest BCUT2D eigenvalue weighted by Gasteiger charge is 2.26. The number of carbonyl (C=O) groups is 1. The van der Waals surface area contributed by atoms with Crippen molar-refractivity contribution in [1.29, 1.82) is 0 Å². The van der Waals surface area contributed by atoms with Gasteiger partial charge in [0.1, 0.15) is 11.5 Å². The first-order valence-electron chi connectivity index (χ1n) is 10.6. The van der Waals surface area contributed by atoms with Gasteiger partial charge in [-0.05, 0) is 49.2 Å². The number of hydrogen-bond acceptors (Lipinski definition) is 5. The fraction of sp³-hybridized carbons (Fsp3) is 0.458. The molecule has 1 N–H and O–H groups in total. The second kappa shape index (κ2) is 10.5. The molecule has 3 rings (SSSR count). The van der Waals surface area contributed by atoms with Gasteiger partial charge in [-0.1, -0.05) is 19.1 Å². The van der Waals surface area contributed by atoms with Gasteiger partial charge in [0.05, 0.1) is 20.3 Å². The van der Waals surface area contributed by atoms with E-state index in [2.05, 4.69) is 34.2 Å². The molecule has 2 aromatic rings. The van der Waals surface area contributed by atoms with E-state index >= 15 is 0 Å². The van der Waals surface area contributed by atoms with E-state index in [4.69, 9.17) is 9.47 Å². The van der Waals surface area contributed by atoms with Gasteiger partial charge < -0.3 is 14.8 Å². The summed E-state index contributed by atoms with van der Waals surface area (Å²) in [6, 6.07) is 13.8. The number of nitrogens with zero attached hydrogens (tertiary/aromatic N) is 2. The minimum Gasteiger partial charge on any atom is -0.497 e. The van der Waals surface area contributed by atoms with Gasteiger partial charge in [0.2, 0.25) is 5.91 Å². The van der Waals surface area contributed by atoms with Crippen LogP contribution in [0.4, 0.5) is 5.69 Å². The van der Waals surface area contributed by atoms with Crippen LogP contribution in [0.1, 0.15) is 25.0 Å². The van der Waals surface area contributed by atoms with Crippen molar-refractivity contribution in [3.63, 3.8) is 0 Å². The number of hydrogen-bond donors (Lipinski definition) is 1. The van der Waals surface area contributed by atoms with Crippen molar-refractivity contribution in [2.75, 3.05) is 45.7 Å². The Morgan fingerprint density at radius 2 is 1.73 bits per heavy atom. The van der Waals surface area contributed by atoms with Crippen LogP contribution in [0.5, 0.6) is 11.5 Å². The van der Waals surface area contributed by atoms with E-state index in [9.17, 15) is 4.79 Å². The molecule has 1 heterocycles. The highest BCUT2D eigenvalue weighted by molar-refractivity contribution is 5.94. The molecule has 0 spiro atoms. The van der Waals surface area contributed by atoms with Crippen LogP contribution in [0.15, 0.2) is 42.5 Å². The first-order valence-corrected chi connectivity index (χ1v) is 10.6. The molecule has 2 aromatic carbocycles. The maximum absolute atomic E-state index is 12.7. The number of nitrogens with one attached hydrogen (secondary N) is 1. The van der Waals surface area contributed by atoms with E-state index in [0.29, 0.717) is 0 Å². The van der Waals surface area contributed by atoms with E-state index < -0.39 is 0 Å². The topological polar surface area (TPSA) is 54.0 Å². The maximum Gasteiger partial charge on any atom is 0.241 e. The molecule has 0 radical (unpaired) electrons. The summed E-state index contributed by atoms with van der Waals surface area (Å²) in [5.41, 5.74) is 3.24. The molecule has 1 aliphatic rings. The van der Waals surface area contributed by atoms with Crippen molar-refractivity contribution in [3.05, 3.63) is 53.6 Å². The zero-order valence-corrected chi connectivity index (χ0v) is 18.5. The number of methoxy groups -OCH3 is 2. The molecule has 162 valence electrons. The molecule has 1 aliphatic heterocycles. The molecule has 1 fully saturated rings. The number of anilines is 1. The number of rotatable bonds is 8. The van der Waals surface area contributed by atoms with Gasteiger partial charge in [0.25, 0.3) is 0 Å². The summed E-state index contributed by atoms with van der Waals surface area (Å²) in [6.45, 7) is 8.44. The first kappa shape index (κ1) is 22.1. The van der Waals surface area contributed by atoms with Crippen LogP contribution in [0, 0.1) is 0 Å². The summed E-state index contributed by atoms with van der Waals surface area (Å²) in [5, 5.41) is 3.04. The molecule has 0 bridgehead atoms. The third-order valence-electron chi connectivity index (χ3n) is 5.85. The highest BCUT2D eigenvalue weighted by atomic mass is 16.5. The van der Waals surface area contributed by atoms with Crippen LogP contribution >= 0.6 is 0 Å². The van der Waals surface area contributed by atoms with Crippen molar-refractivity contribution in [1.82, 2.24) is 9.80 Å². The number of ether oxygens (including phenoxy) is 2. The molecule has 1 atom stereocenters. The SMILES string of the molecule is CCc1ccc(NC(=O)[C@H](C)N2CCN(Cc3cc(OC)ccc3OC)CC2)cc1. The van der Waals surface area contributed by atoms with Crippen molar-refractivity contribution in [2.24, 2.45) is 0 Å². The number of aryl methyl sites for hydroxylation is 1. The van der Waals surface area contributed by atoms with Crippen molar-refractivity contribution < 1.29 is 14.3 Å². The predicted octanol–water partition coefficient (Wildman–Crippen LogP) is 3.41. The average Bonchev–Trinajstić information content (AvgIpc) is 2.79. The van der Waals surface area contributed by atoms with E-state index in [0.717, 1.165) is 61.9 Å². The number of amides is 1. The Bertz CT molecular complexity index is 830. The Morgan fingerprint density at radius 3 is 2.33 bits per heavy atom. The number of carbonyl (C=O) groups excluding carboxylic acids is 1. The summed E-state index contributed by atoms with van der Waals surface area (Å²) >= 11 is 0. The van der Waals surface area contributed by atoms with Crippen LogP contribution in [0.3, 0.4) is 0 Å². The standard InChI is InChI=1S/C24H33N3O3/c1-5-19-6-8-21(9-7-19)25-24(28)18(2)27-14-12-26(13-15-27)17-20-16-22(29-3)10-11-23(20)30-4/h6-11,16,18H,5,12-15,17H2,1-4H3,(H,25,28)/t18-/m0/s1. The van der Waals surface area contributed by atoms with Crippen LogP contribution < -0.4 is 14.8 Å². The number of piperazine rings is 1. The second-order valence-corrected chi connectivity index (χ2v) is 7.71. The Labute approximate surface area is 179 Å². The van der Waals surface area contributed by atoms with Crippen molar-refractivity contribution in [2.45, 2.75) is 32.9 Å². The lowest BCUT2D eigenvalue weighted by Crippen LogP contribution is -2.52. The summed E-state index contributed by atoms with van der Waals surface area (Å²) in [4.78, 5) is 17.3. The first-order chi connectivity index (χ1) is 14.5. The molecule has 30 heavy (non-hydrogen) atoms. The van der Waals surface area contributed by atoms with E-state index in [1.165, 1.54) is 5.56 Å². The fourth-order valence-electron chi connectivity index (χ4n) is 3.79. The summed E-state index contributed by atoms with van der Waals surface area (Å²) < 4.78 is 10.9. The minimum absolute atomic E-state index is 0.0437. The van der Waals surface area contributed by atoms with Gasteiger partial charge in [-0.3, -0.25) is 14.6 Å². The molecular weight excluding hydrogens is 378 g/mol. The zero-order chi connectivity index (χ0) is 21.5. The zero-order valence-electron chi connectivity index (χ0n) is 18.5. The van der Waals surface area contributed by atoms with Gasteiger partial charge in [-0.25, -0.2) is 0 Å². The molecule has 0 aromatic heterocycles. The van der Waals surface area contributed by atoms with E-state index in [1.807, 2.05) is 37.3 Å². The molecule has 6 nitrogen and oxygen atoms in total. The van der Waals surface area contributed by atoms with Gasteiger partial charge >= 0.3 is 0 Å². The molecule has 6 heteroatoms. The Kier molecular flexibility index (Phi) is 7.71. The Balaban J connectivity index is 1.52. The monoisotopic (exact) mass is 411 g/mol. The summed E-state index contributed by atoms with van der Waals surface area (Å²) in [5.74, 6) is 1.75. The fourth-order valence-corrected chi connectivity index (χ4v) is 3.79. The molecule has 0 saturated carbocycles. The third kappa shape index (κ3) is 5.52. The quantitative estimate of drug-likeness (QED) is 0.721. The van der Waals surface area contributed by atoms with E-state index in [1.54, 1.807) is 14.2 Å². The van der Waals surface area contributed by atoms with E-state index in [-0.39, 0.29) is 11.9 Å². The highest BCUT2D eigenvalue weighted by Crippen LogP contribution is 2.26. The maximum atomic E-state index is 12.7. The minimum atomic E-state index is -0.163. The summed E-state index contributed by atoms with van der Waals surface area (Å²) in [7, 11) is 3.37. The smallest absolute Gasteiger partial charge is 0.241 e. The van der Waals surface area contributed by atoms with Gasteiger partial charge in [-0.2, -0.15) is 0 Å². The van der Waals surface area contributed by atoms with Crippen LogP contribution in [-0.2, 0) is 17.8 Å². The lowest BCUT2D eigenvalue weighted by Gasteiger charge is -2.37. The lowest BCUT2D eigenvalue weighted by atomic mass is 10.1. The lowest BCUT2D eigenvalue weighted by molar-refractivity contribution is -0.121. The third-order valence-corrected chi connectivity index (χ3v) is 5.85. The second-order valence-electron chi connectivity index (χ2n) is 7.71. The molecule has 0 aliphatic carbocycles. The Morgan fingerprint density at radius 1 is 1.03 bits per heavy atom. The van der Waals surface area contributed by atoms with Crippen molar-refractivity contribution in [3.8, 4) is 11.5 Å². The Hall–Kier alpha value is -2.57. The normalized spacial score (nSPS) is 16.1. The molecule has 1 saturated heterocycles. The van der Waals surface area contributed by atoms with Gasteiger partial charge in [0.15, 0.2) is 0 Å². The van der Waals surface area contributed by atoms with Crippen LogP contribution in [0.25, 0.3) is 0 Å². The van der Waals surface area contributed by atoms with Gasteiger partial charge in [-0.15, -0.1) is 0 Å². The predicted molar refractivity (Wildman–Crippen MR) is 120 cm³/mol. The summed E-state index contributed by atoms with van der Waals surface area (Å²) in [6.07, 6.45) is 0.997. The largest absolute Gasteiger partial charge is 0.497 e. The van der Waals surface area contributed by atoms with Crippen molar-refractivity contribution >= 4 is 11.6 Å². The average molecular weight is 412 g/mol. The molecule has 0 unspecified atom stereocenters. The molecular formula is C24H33N3O3. The molecule has 1 amide bonds. The van der Waals surface area contributed by atoms with Crippen LogP contribution in [0.2, 0.25) is 0 Å². The van der Waals surface area contributed by atoms with Gasteiger partial charge in [0, 0.05) is 44.0 Å². The van der Waals surface area contributed by atoms with Crippen LogP contribution in [-0.4, -0.2) is 62.1 Å².